The van der Waals surface area contributed by atoms with Gasteiger partial charge in [-0.25, -0.2) is 0 Å². The summed E-state index contributed by atoms with van der Waals surface area (Å²) in [6.45, 7) is 9.86. The van der Waals surface area contributed by atoms with Crippen LogP contribution in [0.5, 0.6) is 0 Å². The molecule has 0 aliphatic carbocycles. The van der Waals surface area contributed by atoms with Crippen LogP contribution in [0.2, 0.25) is 0 Å². The molecule has 0 aromatic carbocycles. The minimum absolute atomic E-state index is 0.266. The Hall–Kier alpha value is -0.410. The fourth-order valence-corrected chi connectivity index (χ4v) is 2.53. The third-order valence-electron chi connectivity index (χ3n) is 2.93. The summed E-state index contributed by atoms with van der Waals surface area (Å²) in [5.74, 6) is 0. The lowest BCUT2D eigenvalue weighted by atomic mass is 9.83. The van der Waals surface area contributed by atoms with Crippen LogP contribution in [0.4, 0.5) is 0 Å². The van der Waals surface area contributed by atoms with Crippen LogP contribution in [-0.2, 0) is 9.53 Å². The Morgan fingerprint density at radius 1 is 1.44 bits per heavy atom. The van der Waals surface area contributed by atoms with Crippen molar-refractivity contribution >= 4 is 6.29 Å². The third kappa shape index (κ3) is 4.22. The second kappa shape index (κ2) is 5.28. The van der Waals surface area contributed by atoms with Crippen molar-refractivity contribution in [1.82, 2.24) is 4.90 Å². The topological polar surface area (TPSA) is 29.5 Å². The van der Waals surface area contributed by atoms with Gasteiger partial charge in [0.15, 0.2) is 0 Å². The molecule has 1 fully saturated rings. The summed E-state index contributed by atoms with van der Waals surface area (Å²) in [7, 11) is 2.09. The maximum absolute atomic E-state index is 11.3. The smallest absolute Gasteiger partial charge is 0.129 e. The predicted molar refractivity (Wildman–Crippen MR) is 65.5 cm³/mol. The fraction of sp³-hybridized carbons (Fsp3) is 0.923. The van der Waals surface area contributed by atoms with E-state index in [1.807, 2.05) is 0 Å². The molecule has 1 atom stereocenters. The quantitative estimate of drug-likeness (QED) is 0.688. The summed E-state index contributed by atoms with van der Waals surface area (Å²) >= 11 is 0. The highest BCUT2D eigenvalue weighted by Gasteiger charge is 2.34. The summed E-state index contributed by atoms with van der Waals surface area (Å²) in [6.07, 6.45) is 3.07. The number of nitrogens with zero attached hydrogens (tertiary/aromatic N) is 1. The van der Waals surface area contributed by atoms with Gasteiger partial charge in [0.1, 0.15) is 6.29 Å². The average Bonchev–Trinajstić information content (AvgIpc) is 2.16. The molecule has 0 aromatic rings. The lowest BCUT2D eigenvalue weighted by molar-refractivity contribution is -0.125. The van der Waals surface area contributed by atoms with Crippen LogP contribution in [0.1, 0.15) is 33.6 Å². The van der Waals surface area contributed by atoms with Crippen molar-refractivity contribution in [2.24, 2.45) is 10.8 Å². The van der Waals surface area contributed by atoms with E-state index in [9.17, 15) is 4.79 Å². The molecule has 3 heteroatoms. The van der Waals surface area contributed by atoms with Gasteiger partial charge in [-0.1, -0.05) is 20.8 Å². The molecule has 16 heavy (non-hydrogen) atoms. The molecule has 1 aliphatic heterocycles. The molecule has 1 unspecified atom stereocenters. The SMILES string of the molecule is CN(CC(C)(C)C)CC1(C=O)CCCOC1. The molecule has 3 nitrogen and oxygen atoms in total. The Labute approximate surface area is 99.1 Å². The molecule has 1 heterocycles. The molecular formula is C13H25NO2. The van der Waals surface area contributed by atoms with E-state index in [4.69, 9.17) is 4.74 Å². The standard InChI is InChI=1S/C13H25NO2/c1-12(2,3)8-14(4)9-13(10-15)6-5-7-16-11-13/h10H,5-9,11H2,1-4H3. The van der Waals surface area contributed by atoms with Gasteiger partial charge in [0.25, 0.3) is 0 Å². The van der Waals surface area contributed by atoms with Gasteiger partial charge >= 0.3 is 0 Å². The van der Waals surface area contributed by atoms with Crippen LogP contribution in [-0.4, -0.2) is 44.5 Å². The first kappa shape index (κ1) is 13.7. The zero-order valence-electron chi connectivity index (χ0n) is 11.1. The highest BCUT2D eigenvalue weighted by atomic mass is 16.5. The van der Waals surface area contributed by atoms with Crippen molar-refractivity contribution in [3.05, 3.63) is 0 Å². The van der Waals surface area contributed by atoms with Gasteiger partial charge in [-0.2, -0.15) is 0 Å². The first-order valence-corrected chi connectivity index (χ1v) is 6.10. The summed E-state index contributed by atoms with van der Waals surface area (Å²) in [5, 5.41) is 0. The lowest BCUT2D eigenvalue weighted by Gasteiger charge is -2.37. The molecule has 1 aliphatic rings. The van der Waals surface area contributed by atoms with Crippen LogP contribution in [0.15, 0.2) is 0 Å². The molecule has 0 radical (unpaired) electrons. The summed E-state index contributed by atoms with van der Waals surface area (Å²) in [6, 6.07) is 0. The number of ether oxygens (including phenoxy) is 1. The van der Waals surface area contributed by atoms with E-state index in [-0.39, 0.29) is 10.8 Å². The number of carbonyl (C=O) groups excluding carboxylic acids is 1. The van der Waals surface area contributed by atoms with E-state index in [0.29, 0.717) is 6.61 Å². The Balaban J connectivity index is 2.52. The van der Waals surface area contributed by atoms with Crippen molar-refractivity contribution in [2.45, 2.75) is 33.6 Å². The zero-order valence-corrected chi connectivity index (χ0v) is 11.1. The van der Waals surface area contributed by atoms with Crippen LogP contribution in [0, 0.1) is 10.8 Å². The van der Waals surface area contributed by atoms with Crippen molar-refractivity contribution in [2.75, 3.05) is 33.4 Å². The Bertz CT molecular complexity index is 227. The third-order valence-corrected chi connectivity index (χ3v) is 2.93. The minimum Gasteiger partial charge on any atom is -0.380 e. The van der Waals surface area contributed by atoms with Gasteiger partial charge < -0.3 is 14.4 Å². The first-order valence-electron chi connectivity index (χ1n) is 6.10. The molecule has 0 aromatic heterocycles. The predicted octanol–water partition coefficient (Wildman–Crippen LogP) is 1.96. The van der Waals surface area contributed by atoms with E-state index in [1.165, 1.54) is 0 Å². The molecule has 0 saturated carbocycles. The summed E-state index contributed by atoms with van der Waals surface area (Å²) in [5.41, 5.74) is 0.00655. The Morgan fingerprint density at radius 2 is 2.12 bits per heavy atom. The van der Waals surface area contributed by atoms with Gasteiger partial charge in [-0.15, -0.1) is 0 Å². The van der Waals surface area contributed by atoms with E-state index in [1.54, 1.807) is 0 Å². The van der Waals surface area contributed by atoms with Crippen molar-refractivity contribution in [3.63, 3.8) is 0 Å². The molecular weight excluding hydrogens is 202 g/mol. The van der Waals surface area contributed by atoms with E-state index in [2.05, 4.69) is 32.7 Å². The highest BCUT2D eigenvalue weighted by molar-refractivity contribution is 5.60. The molecule has 0 N–H and O–H groups in total. The fourth-order valence-electron chi connectivity index (χ4n) is 2.53. The zero-order chi connectivity index (χ0) is 12.2. The van der Waals surface area contributed by atoms with E-state index >= 15 is 0 Å². The number of carbonyl (C=O) groups is 1. The van der Waals surface area contributed by atoms with Gasteiger partial charge in [0.2, 0.25) is 0 Å². The first-order chi connectivity index (χ1) is 7.37. The van der Waals surface area contributed by atoms with Crippen molar-refractivity contribution in [1.29, 1.82) is 0 Å². The second-order valence-corrected chi connectivity index (χ2v) is 6.37. The molecule has 0 bridgehead atoms. The van der Waals surface area contributed by atoms with Crippen LogP contribution >= 0.6 is 0 Å². The van der Waals surface area contributed by atoms with Crippen LogP contribution in [0.3, 0.4) is 0 Å². The molecule has 0 amide bonds. The Morgan fingerprint density at radius 3 is 2.56 bits per heavy atom. The molecule has 1 saturated heterocycles. The van der Waals surface area contributed by atoms with Gasteiger partial charge in [-0.3, -0.25) is 0 Å². The van der Waals surface area contributed by atoms with Crippen molar-refractivity contribution in [3.8, 4) is 0 Å². The van der Waals surface area contributed by atoms with Gasteiger partial charge in [-0.05, 0) is 25.3 Å². The second-order valence-electron chi connectivity index (χ2n) is 6.37. The maximum Gasteiger partial charge on any atom is 0.129 e. The van der Waals surface area contributed by atoms with Crippen LogP contribution < -0.4 is 0 Å². The summed E-state index contributed by atoms with van der Waals surface area (Å²) in [4.78, 5) is 13.5. The van der Waals surface area contributed by atoms with E-state index < -0.39 is 0 Å². The lowest BCUT2D eigenvalue weighted by Crippen LogP contribution is -2.45. The monoisotopic (exact) mass is 227 g/mol. The Kier molecular flexibility index (Phi) is 4.51. The highest BCUT2D eigenvalue weighted by Crippen LogP contribution is 2.28. The maximum atomic E-state index is 11.3. The summed E-state index contributed by atoms with van der Waals surface area (Å²) < 4.78 is 5.45. The van der Waals surface area contributed by atoms with Crippen molar-refractivity contribution < 1.29 is 9.53 Å². The number of rotatable bonds is 4. The van der Waals surface area contributed by atoms with E-state index in [0.717, 1.165) is 38.8 Å². The number of hydrogen-bond donors (Lipinski definition) is 0. The number of aldehydes is 1. The van der Waals surface area contributed by atoms with Gasteiger partial charge in [0, 0.05) is 19.7 Å². The normalized spacial score (nSPS) is 27.1. The number of hydrogen-bond acceptors (Lipinski definition) is 3. The van der Waals surface area contributed by atoms with Gasteiger partial charge in [0.05, 0.1) is 12.0 Å². The molecule has 94 valence electrons. The average molecular weight is 227 g/mol. The molecule has 1 rings (SSSR count). The molecule has 0 spiro atoms. The van der Waals surface area contributed by atoms with Crippen LogP contribution in [0.25, 0.3) is 0 Å². The largest absolute Gasteiger partial charge is 0.380 e. The minimum atomic E-state index is -0.266.